The van der Waals surface area contributed by atoms with Crippen molar-refractivity contribution in [3.63, 3.8) is 0 Å². The molecular formula is C31H44N4O3. The van der Waals surface area contributed by atoms with E-state index in [0.29, 0.717) is 13.0 Å². The number of allylic oxidation sites excluding steroid dienone is 4. The fourth-order valence-corrected chi connectivity index (χ4v) is 5.18. The minimum atomic E-state index is -0.779. The van der Waals surface area contributed by atoms with Gasteiger partial charge in [-0.1, -0.05) is 69.8 Å². The molecule has 1 aliphatic carbocycles. The molecule has 3 amide bonds. The molecule has 0 spiro atoms. The number of hydrogen-bond acceptors (Lipinski definition) is 4. The van der Waals surface area contributed by atoms with Crippen LogP contribution < -0.4 is 16.0 Å². The van der Waals surface area contributed by atoms with Crippen molar-refractivity contribution >= 4 is 17.7 Å². The number of carbonyl (C=O) groups is 3. The number of benzene rings is 1. The Morgan fingerprint density at radius 1 is 1.16 bits per heavy atom. The summed E-state index contributed by atoms with van der Waals surface area (Å²) in [6, 6.07) is 5.98. The third kappa shape index (κ3) is 6.81. The van der Waals surface area contributed by atoms with Gasteiger partial charge in [0.15, 0.2) is 0 Å². The fourth-order valence-electron chi connectivity index (χ4n) is 5.18. The van der Waals surface area contributed by atoms with E-state index < -0.39 is 23.5 Å². The number of rotatable bonds is 8. The second-order valence-electron chi connectivity index (χ2n) is 11.5. The smallest absolute Gasteiger partial charge is 0.246 e. The minimum absolute atomic E-state index is 0.0792. The average molecular weight is 521 g/mol. The van der Waals surface area contributed by atoms with Crippen molar-refractivity contribution in [2.45, 2.75) is 91.0 Å². The predicted octanol–water partition coefficient (Wildman–Crippen LogP) is 3.81. The average Bonchev–Trinajstić information content (AvgIpc) is 2.89. The predicted molar refractivity (Wildman–Crippen MR) is 152 cm³/mol. The van der Waals surface area contributed by atoms with Gasteiger partial charge in [-0.15, -0.1) is 0 Å². The molecule has 0 saturated heterocycles. The zero-order valence-corrected chi connectivity index (χ0v) is 23.8. The van der Waals surface area contributed by atoms with Crippen LogP contribution in [0.25, 0.3) is 0 Å². The van der Waals surface area contributed by atoms with E-state index in [-0.39, 0.29) is 23.8 Å². The first-order valence-electron chi connectivity index (χ1n) is 13.6. The van der Waals surface area contributed by atoms with Gasteiger partial charge in [0.25, 0.3) is 0 Å². The number of nitrogens with zero attached hydrogens (tertiary/aromatic N) is 1. The highest BCUT2D eigenvalue weighted by Crippen LogP contribution is 2.30. The summed E-state index contributed by atoms with van der Waals surface area (Å²) in [6.45, 7) is 13.7. The van der Waals surface area contributed by atoms with Gasteiger partial charge in [-0.3, -0.25) is 14.4 Å². The number of likely N-dealkylation sites (N-methyl/N-ethyl adjacent to an activating group) is 1. The number of fused-ring (bicyclic) bond motifs is 1. The molecule has 1 aromatic rings. The molecule has 0 fully saturated rings. The summed E-state index contributed by atoms with van der Waals surface area (Å²) < 4.78 is 0. The Bertz CT molecular complexity index is 1110. The van der Waals surface area contributed by atoms with Gasteiger partial charge in [0, 0.05) is 13.0 Å². The van der Waals surface area contributed by atoms with Crippen LogP contribution in [-0.4, -0.2) is 53.8 Å². The maximum atomic E-state index is 14.1. The van der Waals surface area contributed by atoms with E-state index in [4.69, 9.17) is 0 Å². The first kappa shape index (κ1) is 29.4. The summed E-state index contributed by atoms with van der Waals surface area (Å²) in [7, 11) is 1.71. The molecule has 0 bridgehead atoms. The van der Waals surface area contributed by atoms with E-state index in [2.05, 4.69) is 35.5 Å². The number of carbonyl (C=O) groups excluding carboxylic acids is 3. The van der Waals surface area contributed by atoms with Crippen molar-refractivity contribution in [3.8, 4) is 0 Å². The molecule has 4 atom stereocenters. The topological polar surface area (TPSA) is 90.5 Å². The van der Waals surface area contributed by atoms with Crippen LogP contribution in [0, 0.1) is 5.41 Å². The van der Waals surface area contributed by atoms with Crippen molar-refractivity contribution in [2.75, 3.05) is 7.05 Å². The molecule has 1 aromatic carbocycles. The molecule has 7 nitrogen and oxygen atoms in total. The number of hydrogen-bond donors (Lipinski definition) is 3. The second-order valence-corrected chi connectivity index (χ2v) is 11.5. The van der Waals surface area contributed by atoms with Gasteiger partial charge in [-0.05, 0) is 67.8 Å². The highest BCUT2D eigenvalue weighted by Gasteiger charge is 2.42. The summed E-state index contributed by atoms with van der Waals surface area (Å²) in [5.41, 5.74) is 3.92. The zero-order valence-electron chi connectivity index (χ0n) is 23.8. The van der Waals surface area contributed by atoms with Crippen LogP contribution in [0.5, 0.6) is 0 Å². The lowest BCUT2D eigenvalue weighted by Crippen LogP contribution is -2.62. The highest BCUT2D eigenvalue weighted by molar-refractivity contribution is 5.94. The van der Waals surface area contributed by atoms with Crippen molar-refractivity contribution in [1.82, 2.24) is 20.9 Å². The molecule has 3 N–H and O–H groups in total. The Balaban J connectivity index is 1.92. The Kier molecular flexibility index (Phi) is 9.71. The summed E-state index contributed by atoms with van der Waals surface area (Å²) in [4.78, 5) is 42.4. The van der Waals surface area contributed by atoms with Crippen LogP contribution in [0.4, 0.5) is 0 Å². The Morgan fingerprint density at radius 2 is 1.84 bits per heavy atom. The maximum Gasteiger partial charge on any atom is 0.246 e. The molecule has 0 saturated carbocycles. The van der Waals surface area contributed by atoms with Crippen LogP contribution in [-0.2, 0) is 27.3 Å². The standard InChI is InChI=1S/C31H44N4O3/c1-8-9-13-22-16-12-17-25(20(22)2)33-29(37)26-18-23-14-10-11-15-24(23)19-35(26)30(38)27(31(4,5)6)34-28(36)21(3)32-7/h8-11,13-15,21,25-27,32H,1,12,16-19H2,2-7H3,(H,33,37)(H,34,36)/b13-9-/t21-,25+,26-,27+/m0/s1. The third-order valence-corrected chi connectivity index (χ3v) is 7.78. The monoisotopic (exact) mass is 520 g/mol. The van der Waals surface area contributed by atoms with Crippen molar-refractivity contribution in [2.24, 2.45) is 5.41 Å². The van der Waals surface area contributed by atoms with Crippen LogP contribution in [0.3, 0.4) is 0 Å². The Hall–Kier alpha value is -3.19. The highest BCUT2D eigenvalue weighted by atomic mass is 16.2. The van der Waals surface area contributed by atoms with E-state index in [9.17, 15) is 14.4 Å². The quantitative estimate of drug-likeness (QED) is 0.455. The molecule has 3 rings (SSSR count). The van der Waals surface area contributed by atoms with Gasteiger partial charge in [0.1, 0.15) is 12.1 Å². The zero-order chi connectivity index (χ0) is 28.0. The van der Waals surface area contributed by atoms with E-state index in [1.54, 1.807) is 24.9 Å². The minimum Gasteiger partial charge on any atom is -0.348 e. The van der Waals surface area contributed by atoms with Crippen LogP contribution in [0.1, 0.15) is 65.0 Å². The summed E-state index contributed by atoms with van der Waals surface area (Å²) >= 11 is 0. The SMILES string of the molecule is C=C/C=C\C1=C(C)[C@H](NC(=O)[C@@H]2Cc3ccccc3CN2C(=O)[C@@H](NC(=O)[C@H](C)NC)C(C)(C)C)CCC1. The molecule has 206 valence electrons. The van der Waals surface area contributed by atoms with Crippen molar-refractivity contribution in [1.29, 1.82) is 0 Å². The molecule has 38 heavy (non-hydrogen) atoms. The second kappa shape index (κ2) is 12.6. The molecule has 1 aliphatic heterocycles. The number of amides is 3. The van der Waals surface area contributed by atoms with E-state index >= 15 is 0 Å². The molecule has 0 aromatic heterocycles. The lowest BCUT2D eigenvalue weighted by Gasteiger charge is -2.41. The summed E-state index contributed by atoms with van der Waals surface area (Å²) in [6.07, 6.45) is 9.01. The lowest BCUT2D eigenvalue weighted by molar-refractivity contribution is -0.147. The van der Waals surface area contributed by atoms with Gasteiger partial charge in [0.2, 0.25) is 17.7 Å². The molecular weight excluding hydrogens is 476 g/mol. The fraction of sp³-hybridized carbons (Fsp3) is 0.516. The maximum absolute atomic E-state index is 14.1. The van der Waals surface area contributed by atoms with Crippen LogP contribution in [0.2, 0.25) is 0 Å². The first-order chi connectivity index (χ1) is 18.0. The van der Waals surface area contributed by atoms with Crippen molar-refractivity contribution in [3.05, 3.63) is 71.3 Å². The van der Waals surface area contributed by atoms with Gasteiger partial charge in [-0.2, -0.15) is 0 Å². The third-order valence-electron chi connectivity index (χ3n) is 7.78. The molecule has 0 radical (unpaired) electrons. The lowest BCUT2D eigenvalue weighted by atomic mass is 9.83. The van der Waals surface area contributed by atoms with Crippen LogP contribution in [0.15, 0.2) is 60.2 Å². The van der Waals surface area contributed by atoms with Gasteiger partial charge in [-0.25, -0.2) is 0 Å². The Labute approximate surface area is 227 Å². The summed E-state index contributed by atoms with van der Waals surface area (Å²) in [5.74, 6) is -0.648. The normalized spacial score (nSPS) is 21.5. The Morgan fingerprint density at radius 3 is 2.47 bits per heavy atom. The van der Waals surface area contributed by atoms with Gasteiger partial charge >= 0.3 is 0 Å². The first-order valence-corrected chi connectivity index (χ1v) is 13.6. The van der Waals surface area contributed by atoms with Gasteiger partial charge < -0.3 is 20.9 Å². The van der Waals surface area contributed by atoms with E-state index in [1.165, 1.54) is 5.57 Å². The molecule has 2 aliphatic rings. The van der Waals surface area contributed by atoms with Crippen LogP contribution >= 0.6 is 0 Å². The molecule has 7 heteroatoms. The van der Waals surface area contributed by atoms with Crippen molar-refractivity contribution < 1.29 is 14.4 Å². The largest absolute Gasteiger partial charge is 0.348 e. The van der Waals surface area contributed by atoms with E-state index in [1.807, 2.05) is 51.1 Å². The number of nitrogens with one attached hydrogen (secondary N) is 3. The van der Waals surface area contributed by atoms with Gasteiger partial charge in [0.05, 0.1) is 12.1 Å². The summed E-state index contributed by atoms with van der Waals surface area (Å²) in [5, 5.41) is 9.14. The molecule has 1 heterocycles. The van der Waals surface area contributed by atoms with E-state index in [0.717, 1.165) is 36.0 Å². The molecule has 0 unspecified atom stereocenters.